The van der Waals surface area contributed by atoms with Crippen LogP contribution in [0.3, 0.4) is 0 Å². The predicted octanol–water partition coefficient (Wildman–Crippen LogP) is 3.15. The van der Waals surface area contributed by atoms with Crippen LogP contribution >= 0.6 is 15.9 Å². The summed E-state index contributed by atoms with van der Waals surface area (Å²) in [7, 11) is 0. The molecule has 0 saturated carbocycles. The monoisotopic (exact) mass is 298 g/mol. The van der Waals surface area contributed by atoms with Crippen molar-refractivity contribution in [2.24, 2.45) is 5.92 Å². The molecular weight excluding hydrogens is 280 g/mol. The average Bonchev–Trinajstić information content (AvgIpc) is 2.28. The molecule has 0 bridgehead atoms. The van der Waals surface area contributed by atoms with E-state index in [-0.39, 0.29) is 5.91 Å². The van der Waals surface area contributed by atoms with Crippen molar-refractivity contribution in [1.29, 1.82) is 0 Å². The quantitative estimate of drug-likeness (QED) is 0.868. The largest absolute Gasteiger partial charge is 0.398 e. The van der Waals surface area contributed by atoms with Crippen LogP contribution in [0.15, 0.2) is 22.7 Å². The minimum Gasteiger partial charge on any atom is -0.398 e. The molecule has 17 heavy (non-hydrogen) atoms. The molecule has 0 unspecified atom stereocenters. The van der Waals surface area contributed by atoms with Gasteiger partial charge in [-0.2, -0.15) is 0 Å². The Bertz CT molecular complexity index is 404. The molecule has 1 aromatic rings. The third-order valence-electron chi connectivity index (χ3n) is 2.50. The van der Waals surface area contributed by atoms with Gasteiger partial charge in [-0.3, -0.25) is 4.79 Å². The van der Waals surface area contributed by atoms with Crippen LogP contribution in [0.25, 0.3) is 0 Å². The SMILES string of the molecule is CCN(CC(C)C)C(=O)c1cc(Br)ccc1N. The van der Waals surface area contributed by atoms with Gasteiger partial charge in [-0.05, 0) is 31.0 Å². The summed E-state index contributed by atoms with van der Waals surface area (Å²) in [6, 6.07) is 5.37. The molecule has 0 atom stereocenters. The third kappa shape index (κ3) is 3.73. The van der Waals surface area contributed by atoms with Crippen LogP contribution in [0.4, 0.5) is 5.69 Å². The number of rotatable bonds is 4. The second kappa shape index (κ2) is 6.05. The Kier molecular flexibility index (Phi) is 5.00. The van der Waals surface area contributed by atoms with Crippen LogP contribution in [0.1, 0.15) is 31.1 Å². The highest BCUT2D eigenvalue weighted by atomic mass is 79.9. The zero-order valence-electron chi connectivity index (χ0n) is 10.5. The molecule has 0 aliphatic rings. The Labute approximate surface area is 111 Å². The number of carbonyl (C=O) groups is 1. The standard InChI is InChI=1S/C13H19BrN2O/c1-4-16(8-9(2)3)13(17)11-7-10(14)5-6-12(11)15/h5-7,9H,4,8,15H2,1-3H3. The topological polar surface area (TPSA) is 46.3 Å². The van der Waals surface area contributed by atoms with Gasteiger partial charge in [0.25, 0.3) is 5.91 Å². The van der Waals surface area contributed by atoms with Crippen LogP contribution < -0.4 is 5.73 Å². The van der Waals surface area contributed by atoms with Gasteiger partial charge in [0.1, 0.15) is 0 Å². The summed E-state index contributed by atoms with van der Waals surface area (Å²) in [5, 5.41) is 0. The molecule has 0 fully saturated rings. The van der Waals surface area contributed by atoms with Crippen LogP contribution in [0, 0.1) is 5.92 Å². The highest BCUT2D eigenvalue weighted by Gasteiger charge is 2.17. The van der Waals surface area contributed by atoms with Gasteiger partial charge < -0.3 is 10.6 Å². The maximum absolute atomic E-state index is 12.3. The number of halogens is 1. The Morgan fingerprint density at radius 1 is 1.47 bits per heavy atom. The first-order valence-corrected chi connectivity index (χ1v) is 6.59. The summed E-state index contributed by atoms with van der Waals surface area (Å²) >= 11 is 3.36. The van der Waals surface area contributed by atoms with E-state index in [4.69, 9.17) is 5.73 Å². The summed E-state index contributed by atoms with van der Waals surface area (Å²) in [5.74, 6) is 0.451. The van der Waals surface area contributed by atoms with E-state index in [0.29, 0.717) is 23.7 Å². The molecule has 0 heterocycles. The van der Waals surface area contributed by atoms with Crippen molar-refractivity contribution in [3.63, 3.8) is 0 Å². The van der Waals surface area contributed by atoms with E-state index in [1.165, 1.54) is 0 Å². The number of hydrogen-bond donors (Lipinski definition) is 1. The average molecular weight is 299 g/mol. The van der Waals surface area contributed by atoms with E-state index in [0.717, 1.165) is 11.0 Å². The molecule has 0 radical (unpaired) electrons. The Hall–Kier alpha value is -1.03. The normalized spacial score (nSPS) is 10.6. The molecule has 94 valence electrons. The minimum absolute atomic E-state index is 0.000000000000000444. The number of hydrogen-bond acceptors (Lipinski definition) is 2. The van der Waals surface area contributed by atoms with Crippen LogP contribution in [-0.4, -0.2) is 23.9 Å². The Morgan fingerprint density at radius 2 is 2.12 bits per heavy atom. The number of nitrogen functional groups attached to an aromatic ring is 1. The lowest BCUT2D eigenvalue weighted by Crippen LogP contribution is -2.34. The van der Waals surface area contributed by atoms with E-state index in [1.807, 2.05) is 17.9 Å². The van der Waals surface area contributed by atoms with E-state index in [1.54, 1.807) is 12.1 Å². The summed E-state index contributed by atoms with van der Waals surface area (Å²) in [6.07, 6.45) is 0. The van der Waals surface area contributed by atoms with Crippen molar-refractivity contribution in [1.82, 2.24) is 4.90 Å². The van der Waals surface area contributed by atoms with Gasteiger partial charge in [0.05, 0.1) is 5.56 Å². The van der Waals surface area contributed by atoms with E-state index in [2.05, 4.69) is 29.8 Å². The first-order chi connectivity index (χ1) is 7.95. The molecule has 0 aromatic heterocycles. The molecule has 2 N–H and O–H groups in total. The van der Waals surface area contributed by atoms with Crippen molar-refractivity contribution in [3.05, 3.63) is 28.2 Å². The second-order valence-corrected chi connectivity index (χ2v) is 5.38. The molecule has 1 aromatic carbocycles. The van der Waals surface area contributed by atoms with Gasteiger partial charge in [-0.25, -0.2) is 0 Å². The second-order valence-electron chi connectivity index (χ2n) is 4.47. The molecule has 3 nitrogen and oxygen atoms in total. The summed E-state index contributed by atoms with van der Waals surface area (Å²) in [5.41, 5.74) is 6.94. The van der Waals surface area contributed by atoms with Gasteiger partial charge in [-0.15, -0.1) is 0 Å². The molecular formula is C13H19BrN2O. The number of benzene rings is 1. The Balaban J connectivity index is 2.97. The maximum Gasteiger partial charge on any atom is 0.255 e. The van der Waals surface area contributed by atoms with Crippen molar-refractivity contribution >= 4 is 27.5 Å². The first-order valence-electron chi connectivity index (χ1n) is 5.80. The zero-order chi connectivity index (χ0) is 13.0. The molecule has 4 heteroatoms. The van der Waals surface area contributed by atoms with E-state index in [9.17, 15) is 4.79 Å². The fourth-order valence-electron chi connectivity index (χ4n) is 1.68. The fourth-order valence-corrected chi connectivity index (χ4v) is 2.04. The Morgan fingerprint density at radius 3 is 2.65 bits per heavy atom. The molecule has 1 rings (SSSR count). The third-order valence-corrected chi connectivity index (χ3v) is 2.99. The summed E-state index contributed by atoms with van der Waals surface area (Å²) in [4.78, 5) is 14.1. The number of amides is 1. The van der Waals surface area contributed by atoms with Crippen molar-refractivity contribution < 1.29 is 4.79 Å². The molecule has 1 amide bonds. The summed E-state index contributed by atoms with van der Waals surface area (Å²) < 4.78 is 0.871. The van der Waals surface area contributed by atoms with Gasteiger partial charge >= 0.3 is 0 Å². The van der Waals surface area contributed by atoms with Gasteiger partial charge in [0.2, 0.25) is 0 Å². The molecule has 0 aliphatic heterocycles. The lowest BCUT2D eigenvalue weighted by atomic mass is 10.1. The number of nitrogens with zero attached hydrogens (tertiary/aromatic N) is 1. The fraction of sp³-hybridized carbons (Fsp3) is 0.462. The van der Waals surface area contributed by atoms with Crippen LogP contribution in [0.5, 0.6) is 0 Å². The summed E-state index contributed by atoms with van der Waals surface area (Å²) in [6.45, 7) is 7.62. The first kappa shape index (κ1) is 14.0. The van der Waals surface area contributed by atoms with Gasteiger partial charge in [0, 0.05) is 23.2 Å². The minimum atomic E-state index is 0.000000000000000444. The van der Waals surface area contributed by atoms with Crippen molar-refractivity contribution in [2.75, 3.05) is 18.8 Å². The zero-order valence-corrected chi connectivity index (χ0v) is 12.1. The number of anilines is 1. The highest BCUT2D eigenvalue weighted by molar-refractivity contribution is 9.10. The molecule has 0 aliphatic carbocycles. The number of nitrogens with two attached hydrogens (primary N) is 1. The maximum atomic E-state index is 12.3. The van der Waals surface area contributed by atoms with Crippen molar-refractivity contribution in [3.8, 4) is 0 Å². The molecule has 0 spiro atoms. The smallest absolute Gasteiger partial charge is 0.255 e. The lowest BCUT2D eigenvalue weighted by Gasteiger charge is -2.23. The van der Waals surface area contributed by atoms with Crippen LogP contribution in [0.2, 0.25) is 0 Å². The highest BCUT2D eigenvalue weighted by Crippen LogP contribution is 2.20. The van der Waals surface area contributed by atoms with Crippen LogP contribution in [-0.2, 0) is 0 Å². The number of carbonyl (C=O) groups excluding carboxylic acids is 1. The van der Waals surface area contributed by atoms with Gasteiger partial charge in [-0.1, -0.05) is 29.8 Å². The van der Waals surface area contributed by atoms with Gasteiger partial charge in [0.15, 0.2) is 0 Å². The van der Waals surface area contributed by atoms with E-state index < -0.39 is 0 Å². The van der Waals surface area contributed by atoms with E-state index >= 15 is 0 Å². The van der Waals surface area contributed by atoms with Crippen molar-refractivity contribution in [2.45, 2.75) is 20.8 Å². The predicted molar refractivity (Wildman–Crippen MR) is 75.0 cm³/mol. The lowest BCUT2D eigenvalue weighted by molar-refractivity contribution is 0.0747. The molecule has 0 saturated heterocycles.